The average molecular weight is 520 g/mol. The molecule has 2 heterocycles. The summed E-state index contributed by atoms with van der Waals surface area (Å²) in [6, 6.07) is 10.3. The number of esters is 1. The van der Waals surface area contributed by atoms with Crippen LogP contribution in [0, 0.1) is 6.92 Å². The number of halogens is 3. The monoisotopic (exact) mass is 519 g/mol. The maximum Gasteiger partial charge on any atom is 0.431 e. The van der Waals surface area contributed by atoms with E-state index < -0.39 is 35.2 Å². The molecular formula is C24H20F3N3O5S. The van der Waals surface area contributed by atoms with Crippen molar-refractivity contribution in [2.45, 2.75) is 26.1 Å². The number of aryl methyl sites for hydroxylation is 1. The molecule has 0 aliphatic rings. The first kappa shape index (κ1) is 25.2. The van der Waals surface area contributed by atoms with Crippen molar-refractivity contribution in [3.63, 3.8) is 0 Å². The highest BCUT2D eigenvalue weighted by atomic mass is 32.1. The van der Waals surface area contributed by atoms with Gasteiger partial charge in [0.25, 0.3) is 5.56 Å². The van der Waals surface area contributed by atoms with Gasteiger partial charge in [0.1, 0.15) is 11.4 Å². The van der Waals surface area contributed by atoms with Crippen LogP contribution in [0.4, 0.5) is 13.2 Å². The predicted molar refractivity (Wildman–Crippen MR) is 128 cm³/mol. The summed E-state index contributed by atoms with van der Waals surface area (Å²) < 4.78 is 56.5. The number of hydrogen-bond acceptors (Lipinski definition) is 7. The molecule has 4 aromatic rings. The van der Waals surface area contributed by atoms with Crippen LogP contribution in [0.25, 0.3) is 27.0 Å². The maximum absolute atomic E-state index is 13.2. The van der Waals surface area contributed by atoms with Gasteiger partial charge in [-0.05, 0) is 55.7 Å². The average Bonchev–Trinajstić information content (AvgIpc) is 3.24. The summed E-state index contributed by atoms with van der Waals surface area (Å²) in [4.78, 5) is 37.2. The van der Waals surface area contributed by atoms with Gasteiger partial charge in [-0.15, -0.1) is 0 Å². The van der Waals surface area contributed by atoms with Crippen molar-refractivity contribution in [1.29, 1.82) is 0 Å². The summed E-state index contributed by atoms with van der Waals surface area (Å²) in [6.07, 6.45) is -5.76. The Balaban J connectivity index is 1.89. The third kappa shape index (κ3) is 4.51. The number of nitrogens with zero attached hydrogens (tertiary/aromatic N) is 3. The molecule has 2 aromatic carbocycles. The first-order chi connectivity index (χ1) is 16.9. The molecule has 8 nitrogen and oxygen atoms in total. The van der Waals surface area contributed by atoms with Gasteiger partial charge < -0.3 is 9.47 Å². The van der Waals surface area contributed by atoms with E-state index in [1.165, 1.54) is 19.2 Å². The van der Waals surface area contributed by atoms with Crippen LogP contribution < -0.4 is 16.0 Å². The van der Waals surface area contributed by atoms with E-state index in [0.29, 0.717) is 42.3 Å². The molecule has 0 aliphatic carbocycles. The molecule has 188 valence electrons. The number of rotatable bonds is 5. The van der Waals surface area contributed by atoms with Gasteiger partial charge in [0, 0.05) is 24.1 Å². The van der Waals surface area contributed by atoms with Crippen LogP contribution in [0.1, 0.15) is 18.2 Å². The molecule has 0 bridgehead atoms. The molecule has 1 unspecified atom stereocenters. The SMILES string of the molecule is COC(=O)C(C)Oc1ccc(C)cc1-c1nsc2ccc(-n3c(=O)cc(C(F)(F)F)n(C)c3=O)cc12. The Morgan fingerprint density at radius 2 is 1.83 bits per heavy atom. The van der Waals surface area contributed by atoms with Crippen molar-refractivity contribution in [3.05, 3.63) is 74.6 Å². The van der Waals surface area contributed by atoms with Gasteiger partial charge in [-0.25, -0.2) is 14.2 Å². The van der Waals surface area contributed by atoms with Crippen LogP contribution in [0.5, 0.6) is 5.75 Å². The Morgan fingerprint density at radius 1 is 1.11 bits per heavy atom. The van der Waals surface area contributed by atoms with Crippen LogP contribution in [0.3, 0.4) is 0 Å². The maximum atomic E-state index is 13.2. The van der Waals surface area contributed by atoms with Gasteiger partial charge in [0.2, 0.25) is 0 Å². The fourth-order valence-corrected chi connectivity index (χ4v) is 4.50. The Hall–Kier alpha value is -3.93. The molecule has 36 heavy (non-hydrogen) atoms. The minimum Gasteiger partial charge on any atom is -0.478 e. The zero-order valence-electron chi connectivity index (χ0n) is 19.5. The molecule has 0 saturated heterocycles. The number of alkyl halides is 3. The minimum atomic E-state index is -4.86. The van der Waals surface area contributed by atoms with Crippen LogP contribution in [-0.2, 0) is 22.8 Å². The quantitative estimate of drug-likeness (QED) is 0.369. The normalized spacial score (nSPS) is 12.5. The number of hydrogen-bond donors (Lipinski definition) is 0. The molecule has 0 N–H and O–H groups in total. The summed E-state index contributed by atoms with van der Waals surface area (Å²) in [7, 11) is 2.21. The Labute approximate surface area is 206 Å². The number of aromatic nitrogens is 3. The van der Waals surface area contributed by atoms with Crippen molar-refractivity contribution in [1.82, 2.24) is 13.5 Å². The minimum absolute atomic E-state index is 0.0846. The van der Waals surface area contributed by atoms with Gasteiger partial charge in [-0.1, -0.05) is 11.6 Å². The lowest BCUT2D eigenvalue weighted by Gasteiger charge is -2.16. The third-order valence-electron chi connectivity index (χ3n) is 5.55. The highest BCUT2D eigenvalue weighted by Crippen LogP contribution is 2.38. The predicted octanol–water partition coefficient (Wildman–Crippen LogP) is 4.08. The van der Waals surface area contributed by atoms with E-state index in [2.05, 4.69) is 4.37 Å². The van der Waals surface area contributed by atoms with E-state index >= 15 is 0 Å². The fraction of sp³-hybridized carbons (Fsp3) is 0.250. The Bertz CT molecular complexity index is 1600. The van der Waals surface area contributed by atoms with Crippen molar-refractivity contribution in [2.24, 2.45) is 7.05 Å². The third-order valence-corrected chi connectivity index (χ3v) is 6.38. The van der Waals surface area contributed by atoms with E-state index in [1.54, 1.807) is 25.1 Å². The van der Waals surface area contributed by atoms with E-state index in [9.17, 15) is 27.6 Å². The number of carbonyl (C=O) groups excluding carboxylic acids is 1. The van der Waals surface area contributed by atoms with Crippen molar-refractivity contribution in [3.8, 4) is 22.7 Å². The molecule has 12 heteroatoms. The summed E-state index contributed by atoms with van der Waals surface area (Å²) >= 11 is 1.16. The van der Waals surface area contributed by atoms with Gasteiger partial charge in [0.05, 0.1) is 23.2 Å². The molecule has 0 aliphatic heterocycles. The Kier molecular flexibility index (Phi) is 6.48. The Morgan fingerprint density at radius 3 is 2.50 bits per heavy atom. The second-order valence-corrected chi connectivity index (χ2v) is 8.84. The standard InChI is InChI=1S/C24H20F3N3O5S/c1-12-5-7-17(35-13(2)22(32)34-4)15(9-12)21-16-10-14(6-8-18(16)36-28-21)30-20(31)11-19(24(25,26)27)29(3)23(30)33/h5-11,13H,1-4H3. The number of ether oxygens (including phenoxy) is 2. The zero-order valence-corrected chi connectivity index (χ0v) is 20.4. The topological polar surface area (TPSA) is 92.4 Å². The smallest absolute Gasteiger partial charge is 0.431 e. The molecule has 1 atom stereocenters. The van der Waals surface area contributed by atoms with Crippen LogP contribution in [0.15, 0.2) is 52.1 Å². The number of carbonyl (C=O) groups is 1. The summed E-state index contributed by atoms with van der Waals surface area (Å²) in [6.45, 7) is 3.40. The van der Waals surface area contributed by atoms with Crippen LogP contribution >= 0.6 is 11.5 Å². The lowest BCUT2D eigenvalue weighted by atomic mass is 10.0. The van der Waals surface area contributed by atoms with Crippen molar-refractivity contribution in [2.75, 3.05) is 7.11 Å². The molecule has 0 saturated carbocycles. The largest absolute Gasteiger partial charge is 0.478 e. The van der Waals surface area contributed by atoms with Gasteiger partial charge in [-0.2, -0.15) is 17.5 Å². The lowest BCUT2D eigenvalue weighted by molar-refractivity contribution is -0.148. The first-order valence-corrected chi connectivity index (χ1v) is 11.3. The molecule has 0 amide bonds. The molecule has 0 radical (unpaired) electrons. The number of methoxy groups -OCH3 is 1. The first-order valence-electron chi connectivity index (χ1n) is 10.6. The number of fused-ring (bicyclic) bond motifs is 1. The fourth-order valence-electron chi connectivity index (χ4n) is 3.73. The molecule has 2 aromatic heterocycles. The van der Waals surface area contributed by atoms with E-state index in [0.717, 1.165) is 24.1 Å². The number of benzene rings is 2. The zero-order chi connectivity index (χ0) is 26.4. The summed E-state index contributed by atoms with van der Waals surface area (Å²) in [5.74, 6) is -0.205. The molecule has 0 fully saturated rings. The van der Waals surface area contributed by atoms with Crippen LogP contribution in [-0.4, -0.2) is 32.7 Å². The van der Waals surface area contributed by atoms with Crippen molar-refractivity contribution < 1.29 is 27.4 Å². The van der Waals surface area contributed by atoms with E-state index in [4.69, 9.17) is 9.47 Å². The van der Waals surface area contributed by atoms with Gasteiger partial charge >= 0.3 is 17.8 Å². The lowest BCUT2D eigenvalue weighted by Crippen LogP contribution is -2.40. The molecule has 0 spiro atoms. The summed E-state index contributed by atoms with van der Waals surface area (Å²) in [5.41, 5.74) is -1.60. The van der Waals surface area contributed by atoms with Crippen molar-refractivity contribution >= 4 is 27.6 Å². The van der Waals surface area contributed by atoms with Gasteiger partial charge in [-0.3, -0.25) is 9.36 Å². The highest BCUT2D eigenvalue weighted by Gasteiger charge is 2.35. The second kappa shape index (κ2) is 9.26. The summed E-state index contributed by atoms with van der Waals surface area (Å²) in [5, 5.41) is 0.549. The second-order valence-electron chi connectivity index (χ2n) is 8.04. The van der Waals surface area contributed by atoms with E-state index in [-0.39, 0.29) is 5.69 Å². The van der Waals surface area contributed by atoms with Crippen LogP contribution in [0.2, 0.25) is 0 Å². The van der Waals surface area contributed by atoms with Gasteiger partial charge in [0.15, 0.2) is 6.10 Å². The highest BCUT2D eigenvalue weighted by molar-refractivity contribution is 7.13. The molecule has 4 rings (SSSR count). The van der Waals surface area contributed by atoms with E-state index in [1.807, 2.05) is 13.0 Å². The molecular weight excluding hydrogens is 499 g/mol.